The lowest BCUT2D eigenvalue weighted by Gasteiger charge is -2.30. The molecule has 2 N–H and O–H groups in total. The Morgan fingerprint density at radius 1 is 1.50 bits per heavy atom. The Kier molecular flexibility index (Phi) is 3.97. The normalized spacial score (nSPS) is 23.7. The van der Waals surface area contributed by atoms with Crippen molar-refractivity contribution in [3.63, 3.8) is 0 Å². The van der Waals surface area contributed by atoms with Crippen molar-refractivity contribution in [2.45, 2.75) is 26.3 Å². The molecule has 1 aliphatic heterocycles. The molecule has 1 aromatic carbocycles. The molecule has 1 aliphatic rings. The number of hydrogen-bond acceptors (Lipinski definition) is 2. The summed E-state index contributed by atoms with van der Waals surface area (Å²) in [6, 6.07) is 4.71. The molecular weight excluding hydrogens is 231 g/mol. The molecule has 2 rings (SSSR count). The van der Waals surface area contributed by atoms with Crippen LogP contribution < -0.4 is 10.6 Å². The van der Waals surface area contributed by atoms with E-state index in [2.05, 4.69) is 17.6 Å². The average Bonchev–Trinajstić information content (AvgIpc) is 2.35. The SMILES string of the molecule is Cc1ccc(C(=O)N[C@H]2CNCC[C@H]2C)cc1F. The lowest BCUT2D eigenvalue weighted by Crippen LogP contribution is -2.50. The van der Waals surface area contributed by atoms with E-state index in [9.17, 15) is 9.18 Å². The second-order valence-electron chi connectivity index (χ2n) is 5.01. The molecule has 1 saturated heterocycles. The van der Waals surface area contributed by atoms with Gasteiger partial charge < -0.3 is 10.6 Å². The molecule has 98 valence electrons. The summed E-state index contributed by atoms with van der Waals surface area (Å²) >= 11 is 0. The van der Waals surface area contributed by atoms with E-state index >= 15 is 0 Å². The number of aryl methyl sites for hydroxylation is 1. The second kappa shape index (κ2) is 5.48. The van der Waals surface area contributed by atoms with Crippen molar-refractivity contribution in [1.29, 1.82) is 0 Å². The minimum atomic E-state index is -0.336. The molecule has 18 heavy (non-hydrogen) atoms. The molecule has 3 nitrogen and oxygen atoms in total. The molecule has 1 fully saturated rings. The number of rotatable bonds is 2. The maximum Gasteiger partial charge on any atom is 0.251 e. The van der Waals surface area contributed by atoms with Gasteiger partial charge in [0.15, 0.2) is 0 Å². The Labute approximate surface area is 107 Å². The number of piperidine rings is 1. The second-order valence-corrected chi connectivity index (χ2v) is 5.01. The van der Waals surface area contributed by atoms with Gasteiger partial charge in [0.25, 0.3) is 5.91 Å². The summed E-state index contributed by atoms with van der Waals surface area (Å²) < 4.78 is 13.4. The number of carbonyl (C=O) groups is 1. The molecule has 0 radical (unpaired) electrons. The number of hydrogen-bond donors (Lipinski definition) is 2. The van der Waals surface area contributed by atoms with Gasteiger partial charge in [-0.2, -0.15) is 0 Å². The molecular formula is C14H19FN2O. The number of nitrogens with one attached hydrogen (secondary N) is 2. The van der Waals surface area contributed by atoms with Crippen LogP contribution >= 0.6 is 0 Å². The van der Waals surface area contributed by atoms with E-state index in [1.165, 1.54) is 6.07 Å². The molecule has 0 bridgehead atoms. The number of halogens is 1. The topological polar surface area (TPSA) is 41.1 Å². The Morgan fingerprint density at radius 2 is 2.28 bits per heavy atom. The van der Waals surface area contributed by atoms with Crippen LogP contribution in [0.4, 0.5) is 4.39 Å². The van der Waals surface area contributed by atoms with Gasteiger partial charge in [0.1, 0.15) is 5.82 Å². The summed E-state index contributed by atoms with van der Waals surface area (Å²) in [6.07, 6.45) is 1.05. The zero-order chi connectivity index (χ0) is 13.1. The van der Waals surface area contributed by atoms with E-state index in [0.717, 1.165) is 19.5 Å². The number of carbonyl (C=O) groups excluding carboxylic acids is 1. The molecule has 0 saturated carbocycles. The van der Waals surface area contributed by atoms with Crippen LogP contribution in [0.5, 0.6) is 0 Å². The summed E-state index contributed by atoms with van der Waals surface area (Å²) in [5.74, 6) is -0.0857. The summed E-state index contributed by atoms with van der Waals surface area (Å²) in [5, 5.41) is 6.22. The van der Waals surface area contributed by atoms with Gasteiger partial charge in [-0.15, -0.1) is 0 Å². The third kappa shape index (κ3) is 2.88. The predicted molar refractivity (Wildman–Crippen MR) is 69.0 cm³/mol. The first kappa shape index (κ1) is 13.0. The largest absolute Gasteiger partial charge is 0.348 e. The maximum absolute atomic E-state index is 13.4. The van der Waals surface area contributed by atoms with Gasteiger partial charge in [-0.3, -0.25) is 4.79 Å². The van der Waals surface area contributed by atoms with Crippen LogP contribution in [-0.2, 0) is 0 Å². The fourth-order valence-corrected chi connectivity index (χ4v) is 2.17. The number of benzene rings is 1. The molecule has 1 amide bonds. The standard InChI is InChI=1S/C14H19FN2O/c1-9-3-4-11(7-12(9)15)14(18)17-13-8-16-6-5-10(13)2/h3-4,7,10,13,16H,5-6,8H2,1-2H3,(H,17,18)/t10-,13+/m1/s1. The minimum Gasteiger partial charge on any atom is -0.348 e. The van der Waals surface area contributed by atoms with Crippen molar-refractivity contribution < 1.29 is 9.18 Å². The van der Waals surface area contributed by atoms with Gasteiger partial charge in [-0.1, -0.05) is 13.0 Å². The molecule has 1 aromatic rings. The third-order valence-corrected chi connectivity index (χ3v) is 3.58. The van der Waals surface area contributed by atoms with Crippen LogP contribution in [0.25, 0.3) is 0 Å². The van der Waals surface area contributed by atoms with Crippen LogP contribution in [0.1, 0.15) is 29.3 Å². The van der Waals surface area contributed by atoms with E-state index in [-0.39, 0.29) is 17.8 Å². The Morgan fingerprint density at radius 3 is 2.94 bits per heavy atom. The van der Waals surface area contributed by atoms with E-state index in [1.807, 2.05) is 0 Å². The van der Waals surface area contributed by atoms with E-state index in [0.29, 0.717) is 17.0 Å². The zero-order valence-corrected chi connectivity index (χ0v) is 10.8. The van der Waals surface area contributed by atoms with Gasteiger partial charge in [-0.05, 0) is 43.5 Å². The van der Waals surface area contributed by atoms with Gasteiger partial charge >= 0.3 is 0 Å². The summed E-state index contributed by atoms with van der Waals surface area (Å²) in [6.45, 7) is 5.58. The minimum absolute atomic E-state index is 0.121. The lowest BCUT2D eigenvalue weighted by molar-refractivity contribution is 0.0915. The van der Waals surface area contributed by atoms with Crippen molar-refractivity contribution >= 4 is 5.91 Å². The highest BCUT2D eigenvalue weighted by Crippen LogP contribution is 2.13. The highest BCUT2D eigenvalue weighted by molar-refractivity contribution is 5.94. The first-order chi connectivity index (χ1) is 8.58. The van der Waals surface area contributed by atoms with Crippen LogP contribution in [-0.4, -0.2) is 25.0 Å². The van der Waals surface area contributed by atoms with Crippen molar-refractivity contribution in [3.05, 3.63) is 35.1 Å². The smallest absolute Gasteiger partial charge is 0.251 e. The quantitative estimate of drug-likeness (QED) is 0.841. The Balaban J connectivity index is 2.04. The molecule has 0 spiro atoms. The fourth-order valence-electron chi connectivity index (χ4n) is 2.17. The van der Waals surface area contributed by atoms with Crippen LogP contribution in [0, 0.1) is 18.7 Å². The molecule has 4 heteroatoms. The summed E-state index contributed by atoms with van der Waals surface area (Å²) in [5.41, 5.74) is 0.940. The van der Waals surface area contributed by atoms with Crippen LogP contribution in [0.15, 0.2) is 18.2 Å². The molecule has 0 unspecified atom stereocenters. The predicted octanol–water partition coefficient (Wildman–Crippen LogP) is 1.86. The van der Waals surface area contributed by atoms with E-state index < -0.39 is 0 Å². The molecule has 0 aromatic heterocycles. The molecule has 2 atom stereocenters. The van der Waals surface area contributed by atoms with Gasteiger partial charge in [0.2, 0.25) is 0 Å². The fraction of sp³-hybridized carbons (Fsp3) is 0.500. The van der Waals surface area contributed by atoms with Crippen LogP contribution in [0.3, 0.4) is 0 Å². The van der Waals surface area contributed by atoms with E-state index in [4.69, 9.17) is 0 Å². The Hall–Kier alpha value is -1.42. The first-order valence-corrected chi connectivity index (χ1v) is 6.35. The van der Waals surface area contributed by atoms with Crippen molar-refractivity contribution in [1.82, 2.24) is 10.6 Å². The summed E-state index contributed by atoms with van der Waals surface area (Å²) in [7, 11) is 0. The summed E-state index contributed by atoms with van der Waals surface area (Å²) in [4.78, 5) is 12.0. The molecule has 0 aliphatic carbocycles. The zero-order valence-electron chi connectivity index (χ0n) is 10.8. The lowest BCUT2D eigenvalue weighted by atomic mass is 9.94. The van der Waals surface area contributed by atoms with Crippen LogP contribution in [0.2, 0.25) is 0 Å². The number of amides is 1. The van der Waals surface area contributed by atoms with Crippen molar-refractivity contribution in [2.24, 2.45) is 5.92 Å². The Bertz CT molecular complexity index is 447. The monoisotopic (exact) mass is 250 g/mol. The maximum atomic E-state index is 13.4. The van der Waals surface area contributed by atoms with E-state index in [1.54, 1.807) is 19.1 Å². The van der Waals surface area contributed by atoms with Gasteiger partial charge in [-0.25, -0.2) is 4.39 Å². The van der Waals surface area contributed by atoms with Gasteiger partial charge in [0.05, 0.1) is 0 Å². The molecule has 1 heterocycles. The van der Waals surface area contributed by atoms with Crippen molar-refractivity contribution in [2.75, 3.05) is 13.1 Å². The highest BCUT2D eigenvalue weighted by atomic mass is 19.1. The van der Waals surface area contributed by atoms with Crippen molar-refractivity contribution in [3.8, 4) is 0 Å². The average molecular weight is 250 g/mol. The highest BCUT2D eigenvalue weighted by Gasteiger charge is 2.23. The first-order valence-electron chi connectivity index (χ1n) is 6.35. The van der Waals surface area contributed by atoms with Gasteiger partial charge in [0, 0.05) is 18.2 Å². The third-order valence-electron chi connectivity index (χ3n) is 3.58.